The lowest BCUT2D eigenvalue weighted by atomic mass is 10.1. The Hall–Kier alpha value is -0.970. The first-order chi connectivity index (χ1) is 6.29. The molecule has 0 aromatic carbocycles. The molecule has 0 aromatic rings. The van der Waals surface area contributed by atoms with E-state index in [0.29, 0.717) is 0 Å². The van der Waals surface area contributed by atoms with Crippen LogP contribution < -0.4 is 0 Å². The van der Waals surface area contributed by atoms with Crippen molar-refractivity contribution in [3.05, 3.63) is 12.2 Å². The summed E-state index contributed by atoms with van der Waals surface area (Å²) in [6.07, 6.45) is -0.0529. The second kappa shape index (κ2) is 5.05. The van der Waals surface area contributed by atoms with Crippen LogP contribution in [-0.4, -0.2) is 31.1 Å². The highest BCUT2D eigenvalue weighted by atomic mass is 19.3. The van der Waals surface area contributed by atoms with E-state index in [9.17, 15) is 13.6 Å². The van der Waals surface area contributed by atoms with Gasteiger partial charge in [-0.15, -0.1) is 0 Å². The maximum absolute atomic E-state index is 12.6. The first-order valence-electron chi connectivity index (χ1n) is 4.15. The number of amides is 1. The molecule has 0 aromatic heterocycles. The molecule has 0 bridgehead atoms. The van der Waals surface area contributed by atoms with Gasteiger partial charge >= 0.3 is 0 Å². The molecule has 0 aliphatic rings. The van der Waals surface area contributed by atoms with E-state index in [1.54, 1.807) is 0 Å². The van der Waals surface area contributed by atoms with Crippen LogP contribution in [0.3, 0.4) is 0 Å². The van der Waals surface area contributed by atoms with Gasteiger partial charge in [-0.1, -0.05) is 6.58 Å². The Balaban J connectivity index is 3.96. The predicted molar refractivity (Wildman–Crippen MR) is 48.8 cm³/mol. The highest BCUT2D eigenvalue weighted by Gasteiger charge is 2.25. The summed E-state index contributed by atoms with van der Waals surface area (Å²) in [6.45, 7) is 3.99. The summed E-state index contributed by atoms with van der Waals surface area (Å²) >= 11 is 0. The molecule has 0 aliphatic heterocycles. The van der Waals surface area contributed by atoms with Gasteiger partial charge in [0.2, 0.25) is 5.91 Å². The van der Waals surface area contributed by atoms with Crippen molar-refractivity contribution >= 4 is 5.91 Å². The summed E-state index contributed by atoms with van der Waals surface area (Å²) in [4.78, 5) is 15.7. The zero-order valence-corrected chi connectivity index (χ0v) is 8.64. The van der Waals surface area contributed by atoms with E-state index in [2.05, 4.69) is 11.4 Å². The number of carbonyl (C=O) groups excluding carboxylic acids is 1. The highest BCUT2D eigenvalue weighted by Crippen LogP contribution is 2.25. The molecule has 0 saturated carbocycles. The molecule has 1 amide bonds. The quantitative estimate of drug-likeness (QED) is 0.509. The van der Waals surface area contributed by atoms with Crippen LogP contribution in [0.15, 0.2) is 12.2 Å². The Kier molecular flexibility index (Phi) is 4.70. The van der Waals surface area contributed by atoms with Gasteiger partial charge in [0.15, 0.2) is 0 Å². The Morgan fingerprint density at radius 1 is 1.50 bits per heavy atom. The largest absolute Gasteiger partial charge is 0.275 e. The van der Waals surface area contributed by atoms with Gasteiger partial charge in [-0.25, -0.2) is 13.8 Å². The molecule has 0 rings (SSSR count). The van der Waals surface area contributed by atoms with Crippen molar-refractivity contribution in [3.63, 3.8) is 0 Å². The Labute approximate surface area is 82.3 Å². The van der Waals surface area contributed by atoms with Crippen LogP contribution in [0.2, 0.25) is 0 Å². The van der Waals surface area contributed by atoms with Gasteiger partial charge in [0.05, 0.1) is 7.11 Å². The third-order valence-corrected chi connectivity index (χ3v) is 1.89. The summed E-state index contributed by atoms with van der Waals surface area (Å²) in [5.74, 6) is -3.27. The number of allylic oxidation sites excluding steroid dienone is 1. The molecule has 0 radical (unpaired) electrons. The number of nitrogens with zero attached hydrogens (tertiary/aromatic N) is 1. The van der Waals surface area contributed by atoms with Crippen molar-refractivity contribution in [2.45, 2.75) is 25.7 Å². The fraction of sp³-hybridized carbons (Fsp3) is 0.667. The van der Waals surface area contributed by atoms with E-state index in [0.717, 1.165) is 12.0 Å². The monoisotopic (exact) mass is 207 g/mol. The topological polar surface area (TPSA) is 29.5 Å². The van der Waals surface area contributed by atoms with E-state index in [1.165, 1.54) is 14.2 Å². The third-order valence-electron chi connectivity index (χ3n) is 1.89. The molecule has 5 heteroatoms. The van der Waals surface area contributed by atoms with Crippen LogP contribution in [-0.2, 0) is 9.63 Å². The number of hydrogen-bond donors (Lipinski definition) is 0. The Morgan fingerprint density at radius 3 is 2.36 bits per heavy atom. The van der Waals surface area contributed by atoms with E-state index in [-0.39, 0.29) is 24.3 Å². The Bertz CT molecular complexity index is 223. The first-order valence-corrected chi connectivity index (χ1v) is 4.15. The second-order valence-corrected chi connectivity index (χ2v) is 3.07. The summed E-state index contributed by atoms with van der Waals surface area (Å²) in [5, 5.41) is 1.00. The lowest BCUT2D eigenvalue weighted by molar-refractivity contribution is -0.168. The molecule has 0 spiro atoms. The number of hydroxylamine groups is 2. The van der Waals surface area contributed by atoms with Crippen molar-refractivity contribution in [1.82, 2.24) is 5.06 Å². The fourth-order valence-electron chi connectivity index (χ4n) is 0.737. The van der Waals surface area contributed by atoms with E-state index in [1.807, 2.05) is 0 Å². The first kappa shape index (κ1) is 13.0. The van der Waals surface area contributed by atoms with Crippen LogP contribution >= 0.6 is 0 Å². The zero-order chi connectivity index (χ0) is 11.4. The van der Waals surface area contributed by atoms with Gasteiger partial charge in [-0.3, -0.25) is 9.63 Å². The summed E-state index contributed by atoms with van der Waals surface area (Å²) in [6, 6.07) is 0. The molecular weight excluding hydrogens is 192 g/mol. The number of carbonyl (C=O) groups is 1. The standard InChI is InChI=1S/C9H15F2NO2/c1-7(9(2,10)11)5-6-8(13)12(3)14-4/h1,5-6H2,2-4H3. The molecule has 0 N–H and O–H groups in total. The molecule has 82 valence electrons. The number of halogens is 2. The minimum atomic E-state index is -2.92. The SMILES string of the molecule is C=C(CCC(=O)N(C)OC)C(C)(F)F. The molecule has 0 heterocycles. The molecule has 14 heavy (non-hydrogen) atoms. The zero-order valence-electron chi connectivity index (χ0n) is 8.64. The fourth-order valence-corrected chi connectivity index (χ4v) is 0.737. The molecule has 0 saturated heterocycles. The molecule has 0 aliphatic carbocycles. The van der Waals surface area contributed by atoms with Crippen molar-refractivity contribution < 1.29 is 18.4 Å². The van der Waals surface area contributed by atoms with Crippen molar-refractivity contribution in [2.75, 3.05) is 14.2 Å². The normalized spacial score (nSPS) is 11.2. The Morgan fingerprint density at radius 2 is 2.00 bits per heavy atom. The molecule has 0 atom stereocenters. The lowest BCUT2D eigenvalue weighted by Crippen LogP contribution is -2.26. The van der Waals surface area contributed by atoms with Gasteiger partial charge in [-0.05, 0) is 12.0 Å². The van der Waals surface area contributed by atoms with Crippen molar-refractivity contribution in [2.24, 2.45) is 0 Å². The number of rotatable bonds is 5. The second-order valence-electron chi connectivity index (χ2n) is 3.07. The molecule has 0 unspecified atom stereocenters. The van der Waals surface area contributed by atoms with Crippen LogP contribution in [0, 0.1) is 0 Å². The summed E-state index contributed by atoms with van der Waals surface area (Å²) in [5.41, 5.74) is -0.240. The number of alkyl halides is 2. The molecule has 0 fully saturated rings. The summed E-state index contributed by atoms with van der Waals surface area (Å²) < 4.78 is 25.2. The van der Waals surface area contributed by atoms with Crippen molar-refractivity contribution in [3.8, 4) is 0 Å². The van der Waals surface area contributed by atoms with Gasteiger partial charge in [0, 0.05) is 20.4 Å². The molecular formula is C9H15F2NO2. The highest BCUT2D eigenvalue weighted by molar-refractivity contribution is 5.75. The van der Waals surface area contributed by atoms with E-state index < -0.39 is 5.92 Å². The molecule has 3 nitrogen and oxygen atoms in total. The van der Waals surface area contributed by atoms with Gasteiger partial charge < -0.3 is 0 Å². The minimum Gasteiger partial charge on any atom is -0.275 e. The van der Waals surface area contributed by atoms with E-state index in [4.69, 9.17) is 0 Å². The summed E-state index contributed by atoms with van der Waals surface area (Å²) in [7, 11) is 2.76. The van der Waals surface area contributed by atoms with Gasteiger partial charge in [-0.2, -0.15) is 0 Å². The maximum Gasteiger partial charge on any atom is 0.266 e. The third kappa shape index (κ3) is 4.32. The smallest absolute Gasteiger partial charge is 0.266 e. The van der Waals surface area contributed by atoms with Gasteiger partial charge in [0.1, 0.15) is 0 Å². The van der Waals surface area contributed by atoms with Crippen LogP contribution in [0.25, 0.3) is 0 Å². The predicted octanol–water partition coefficient (Wildman–Crippen LogP) is 2.00. The minimum absolute atomic E-state index is 0.0212. The van der Waals surface area contributed by atoms with Crippen LogP contribution in [0.4, 0.5) is 8.78 Å². The number of hydrogen-bond acceptors (Lipinski definition) is 2. The average molecular weight is 207 g/mol. The van der Waals surface area contributed by atoms with Crippen LogP contribution in [0.1, 0.15) is 19.8 Å². The van der Waals surface area contributed by atoms with Crippen molar-refractivity contribution in [1.29, 1.82) is 0 Å². The average Bonchev–Trinajstić information content (AvgIpc) is 2.10. The van der Waals surface area contributed by atoms with E-state index >= 15 is 0 Å². The van der Waals surface area contributed by atoms with Gasteiger partial charge in [0.25, 0.3) is 5.92 Å². The van der Waals surface area contributed by atoms with Crippen LogP contribution in [0.5, 0.6) is 0 Å². The maximum atomic E-state index is 12.6. The lowest BCUT2D eigenvalue weighted by Gasteiger charge is -2.16.